The van der Waals surface area contributed by atoms with Gasteiger partial charge in [0.2, 0.25) is 0 Å². The third-order valence-electron chi connectivity index (χ3n) is 2.83. The Bertz CT molecular complexity index is 492. The van der Waals surface area contributed by atoms with Gasteiger partial charge in [0.05, 0.1) is 22.1 Å². The van der Waals surface area contributed by atoms with Crippen LogP contribution in [0, 0.1) is 11.6 Å². The van der Waals surface area contributed by atoms with E-state index in [1.165, 1.54) is 6.07 Å². The smallest absolute Gasteiger partial charge is 0.305 e. The zero-order valence-corrected chi connectivity index (χ0v) is 10.9. The minimum atomic E-state index is -0.967. The van der Waals surface area contributed by atoms with Gasteiger partial charge >= 0.3 is 5.97 Å². The molecule has 98 valence electrons. The lowest BCUT2D eigenvalue weighted by Gasteiger charge is -2.43. The molecule has 0 aliphatic carbocycles. The van der Waals surface area contributed by atoms with Crippen LogP contribution in [0.2, 0.25) is 0 Å². The van der Waals surface area contributed by atoms with Gasteiger partial charge in [-0.15, -0.1) is 0 Å². The Hall–Kier alpha value is -1.21. The molecule has 1 fully saturated rings. The number of nitrogens with one attached hydrogen (secondary N) is 2. The Morgan fingerprint density at radius 3 is 2.61 bits per heavy atom. The first-order valence-corrected chi connectivity index (χ1v) is 6.06. The van der Waals surface area contributed by atoms with Crippen molar-refractivity contribution in [3.8, 4) is 0 Å². The summed E-state index contributed by atoms with van der Waals surface area (Å²) in [5.74, 6) is -2.41. The molecule has 0 spiro atoms. The maximum Gasteiger partial charge on any atom is 0.305 e. The first-order valence-electron chi connectivity index (χ1n) is 5.27. The maximum atomic E-state index is 13.6. The molecule has 1 saturated heterocycles. The van der Waals surface area contributed by atoms with Gasteiger partial charge in [0.1, 0.15) is 11.6 Å². The van der Waals surface area contributed by atoms with Crippen molar-refractivity contribution in [3.05, 3.63) is 28.2 Å². The van der Waals surface area contributed by atoms with Crippen LogP contribution < -0.4 is 10.6 Å². The van der Waals surface area contributed by atoms with Crippen LogP contribution in [-0.4, -0.2) is 29.7 Å². The predicted molar refractivity (Wildman–Crippen MR) is 65.5 cm³/mol. The summed E-state index contributed by atoms with van der Waals surface area (Å²) in [6.45, 7) is 0.849. The SMILES string of the molecule is O=C(O)CC1(Nc2cc(Br)c(F)cc2F)CNC1. The monoisotopic (exact) mass is 320 g/mol. The van der Waals surface area contributed by atoms with Crippen LogP contribution in [0.25, 0.3) is 0 Å². The highest BCUT2D eigenvalue weighted by molar-refractivity contribution is 9.10. The Balaban J connectivity index is 2.22. The van der Waals surface area contributed by atoms with E-state index in [4.69, 9.17) is 5.11 Å². The average molecular weight is 321 g/mol. The summed E-state index contributed by atoms with van der Waals surface area (Å²) in [6, 6.07) is 2.03. The minimum Gasteiger partial charge on any atom is -0.481 e. The zero-order valence-electron chi connectivity index (χ0n) is 9.27. The van der Waals surface area contributed by atoms with Crippen LogP contribution in [0.1, 0.15) is 6.42 Å². The lowest BCUT2D eigenvalue weighted by molar-refractivity contribution is -0.138. The highest BCUT2D eigenvalue weighted by Gasteiger charge is 2.39. The highest BCUT2D eigenvalue weighted by Crippen LogP contribution is 2.28. The molecule has 3 N–H and O–H groups in total. The van der Waals surface area contributed by atoms with Gasteiger partial charge in [-0.3, -0.25) is 4.79 Å². The summed E-state index contributed by atoms with van der Waals surface area (Å²) in [4.78, 5) is 10.8. The molecule has 1 aliphatic heterocycles. The van der Waals surface area contributed by atoms with E-state index in [1.807, 2.05) is 0 Å². The molecule has 1 aromatic carbocycles. The van der Waals surface area contributed by atoms with E-state index in [0.29, 0.717) is 13.1 Å². The second-order valence-electron chi connectivity index (χ2n) is 4.33. The Labute approximate surface area is 111 Å². The van der Waals surface area contributed by atoms with Crippen LogP contribution in [0.4, 0.5) is 14.5 Å². The second-order valence-corrected chi connectivity index (χ2v) is 5.18. The number of halogens is 3. The van der Waals surface area contributed by atoms with Crippen molar-refractivity contribution in [1.29, 1.82) is 0 Å². The molecule has 4 nitrogen and oxygen atoms in total. The van der Waals surface area contributed by atoms with Gasteiger partial charge < -0.3 is 15.7 Å². The number of aliphatic carboxylic acids is 1. The van der Waals surface area contributed by atoms with Crippen molar-refractivity contribution in [2.75, 3.05) is 18.4 Å². The van der Waals surface area contributed by atoms with E-state index < -0.39 is 23.1 Å². The van der Waals surface area contributed by atoms with E-state index >= 15 is 0 Å². The second kappa shape index (κ2) is 4.81. The summed E-state index contributed by atoms with van der Waals surface area (Å²) in [7, 11) is 0. The first kappa shape index (κ1) is 13.2. The van der Waals surface area contributed by atoms with E-state index in [0.717, 1.165) is 6.07 Å². The molecule has 1 heterocycles. The summed E-state index contributed by atoms with van der Waals surface area (Å²) < 4.78 is 26.8. The molecular weight excluding hydrogens is 310 g/mol. The maximum absolute atomic E-state index is 13.6. The lowest BCUT2D eigenvalue weighted by atomic mass is 9.88. The summed E-state index contributed by atoms with van der Waals surface area (Å²) in [5, 5.41) is 14.6. The average Bonchev–Trinajstić information content (AvgIpc) is 2.22. The summed E-state index contributed by atoms with van der Waals surface area (Å²) >= 11 is 2.96. The number of benzene rings is 1. The van der Waals surface area contributed by atoms with Gasteiger partial charge in [-0.25, -0.2) is 8.78 Å². The van der Waals surface area contributed by atoms with Crippen molar-refractivity contribution in [3.63, 3.8) is 0 Å². The van der Waals surface area contributed by atoms with Crippen molar-refractivity contribution in [2.45, 2.75) is 12.0 Å². The Morgan fingerprint density at radius 2 is 2.11 bits per heavy atom. The highest BCUT2D eigenvalue weighted by atomic mass is 79.9. The fourth-order valence-electron chi connectivity index (χ4n) is 1.88. The molecule has 0 atom stereocenters. The van der Waals surface area contributed by atoms with Crippen LogP contribution in [0.3, 0.4) is 0 Å². The van der Waals surface area contributed by atoms with Crippen LogP contribution in [0.5, 0.6) is 0 Å². The molecule has 0 bridgehead atoms. The normalized spacial score (nSPS) is 17.1. The van der Waals surface area contributed by atoms with Crippen molar-refractivity contribution in [2.24, 2.45) is 0 Å². The predicted octanol–water partition coefficient (Wildman–Crippen LogP) is 1.96. The van der Waals surface area contributed by atoms with E-state index in [1.54, 1.807) is 0 Å². The van der Waals surface area contributed by atoms with Crippen molar-refractivity contribution in [1.82, 2.24) is 5.32 Å². The lowest BCUT2D eigenvalue weighted by Crippen LogP contribution is -2.65. The number of anilines is 1. The number of carboxylic acid groups (broad SMARTS) is 1. The van der Waals surface area contributed by atoms with Crippen LogP contribution in [-0.2, 0) is 4.79 Å². The quantitative estimate of drug-likeness (QED) is 0.742. The minimum absolute atomic E-state index is 0.0889. The molecule has 18 heavy (non-hydrogen) atoms. The van der Waals surface area contributed by atoms with Crippen molar-refractivity contribution >= 4 is 27.6 Å². The van der Waals surface area contributed by atoms with Gasteiger partial charge in [0, 0.05) is 19.2 Å². The molecule has 7 heteroatoms. The topological polar surface area (TPSA) is 61.4 Å². The molecule has 1 aromatic rings. The molecule has 0 unspecified atom stereocenters. The number of carbonyl (C=O) groups is 1. The van der Waals surface area contributed by atoms with Gasteiger partial charge in [-0.1, -0.05) is 0 Å². The number of hydrogen-bond acceptors (Lipinski definition) is 3. The molecule has 0 radical (unpaired) electrons. The standard InChI is InChI=1S/C11H11BrF2N2O2/c12-6-1-9(8(14)2-7(6)13)16-11(3-10(17)18)4-15-5-11/h1-2,15-16H,3-5H2,(H,17,18). The van der Waals surface area contributed by atoms with Gasteiger partial charge in [-0.05, 0) is 22.0 Å². The zero-order chi connectivity index (χ0) is 13.3. The van der Waals surface area contributed by atoms with E-state index in [-0.39, 0.29) is 16.6 Å². The van der Waals surface area contributed by atoms with E-state index in [9.17, 15) is 13.6 Å². The molecular formula is C11H11BrF2N2O2. The van der Waals surface area contributed by atoms with Gasteiger partial charge in [0.15, 0.2) is 0 Å². The first-order chi connectivity index (χ1) is 8.42. The van der Waals surface area contributed by atoms with Crippen molar-refractivity contribution < 1.29 is 18.7 Å². The van der Waals surface area contributed by atoms with Crippen LogP contribution >= 0.6 is 15.9 Å². The van der Waals surface area contributed by atoms with E-state index in [2.05, 4.69) is 26.6 Å². The fourth-order valence-corrected chi connectivity index (χ4v) is 2.22. The third-order valence-corrected chi connectivity index (χ3v) is 3.43. The third kappa shape index (κ3) is 2.62. The van der Waals surface area contributed by atoms with Crippen LogP contribution in [0.15, 0.2) is 16.6 Å². The Morgan fingerprint density at radius 1 is 1.44 bits per heavy atom. The molecule has 1 aliphatic rings. The summed E-state index contributed by atoms with van der Waals surface area (Å²) in [6.07, 6.45) is -0.131. The largest absolute Gasteiger partial charge is 0.481 e. The van der Waals surface area contributed by atoms with Gasteiger partial charge in [0.25, 0.3) is 0 Å². The fraction of sp³-hybridized carbons (Fsp3) is 0.364. The number of rotatable bonds is 4. The van der Waals surface area contributed by atoms with Gasteiger partial charge in [-0.2, -0.15) is 0 Å². The Kier molecular flexibility index (Phi) is 3.54. The molecule has 2 rings (SSSR count). The number of hydrogen-bond donors (Lipinski definition) is 3. The molecule has 0 amide bonds. The molecule has 0 aromatic heterocycles. The number of carboxylic acids is 1. The summed E-state index contributed by atoms with van der Waals surface area (Å²) in [5.41, 5.74) is -0.629. The molecule has 0 saturated carbocycles.